The summed E-state index contributed by atoms with van der Waals surface area (Å²) in [4.78, 5) is 17.1. The molecule has 1 heterocycles. The number of anilines is 1. The lowest BCUT2D eigenvalue weighted by Gasteiger charge is -2.14. The van der Waals surface area contributed by atoms with Crippen molar-refractivity contribution in [3.8, 4) is 17.2 Å². The van der Waals surface area contributed by atoms with E-state index in [-0.39, 0.29) is 23.5 Å². The number of para-hydroxylation sites is 2. The lowest BCUT2D eigenvalue weighted by atomic mass is 10.1. The van der Waals surface area contributed by atoms with Crippen LogP contribution in [0.2, 0.25) is 0 Å². The monoisotopic (exact) mass is 460 g/mol. The van der Waals surface area contributed by atoms with Crippen molar-refractivity contribution in [3.63, 3.8) is 0 Å². The van der Waals surface area contributed by atoms with Gasteiger partial charge >= 0.3 is 6.36 Å². The van der Waals surface area contributed by atoms with Crippen LogP contribution in [0, 0.1) is 6.92 Å². The molecular formula is C24H23F3N2O4. The Kier molecular flexibility index (Phi) is 7.55. The number of hydrogen-bond donors (Lipinski definition) is 1. The summed E-state index contributed by atoms with van der Waals surface area (Å²) in [5, 5.41) is 2.77. The smallest absolute Gasteiger partial charge is 0.453 e. The topological polar surface area (TPSA) is 69.7 Å². The molecule has 0 saturated heterocycles. The molecule has 6 nitrogen and oxygen atoms in total. The van der Waals surface area contributed by atoms with E-state index in [2.05, 4.69) is 15.0 Å². The van der Waals surface area contributed by atoms with Crippen LogP contribution >= 0.6 is 0 Å². The minimum Gasteiger partial charge on any atom is -0.453 e. The summed E-state index contributed by atoms with van der Waals surface area (Å²) >= 11 is 0. The number of alkyl halides is 3. The van der Waals surface area contributed by atoms with Gasteiger partial charge in [0.25, 0.3) is 5.91 Å². The molecular weight excluding hydrogens is 437 g/mol. The maximum Gasteiger partial charge on any atom is 0.573 e. The van der Waals surface area contributed by atoms with Crippen molar-refractivity contribution in [2.24, 2.45) is 0 Å². The average molecular weight is 460 g/mol. The first-order valence-corrected chi connectivity index (χ1v) is 10.2. The van der Waals surface area contributed by atoms with Gasteiger partial charge in [-0.1, -0.05) is 12.1 Å². The number of pyridine rings is 1. The van der Waals surface area contributed by atoms with E-state index in [1.165, 1.54) is 30.3 Å². The number of ether oxygens (including phenoxy) is 3. The van der Waals surface area contributed by atoms with Crippen molar-refractivity contribution >= 4 is 11.6 Å². The van der Waals surface area contributed by atoms with E-state index in [1.54, 1.807) is 31.2 Å². The van der Waals surface area contributed by atoms with Crippen LogP contribution in [-0.4, -0.2) is 23.9 Å². The van der Waals surface area contributed by atoms with Gasteiger partial charge in [0, 0.05) is 12.3 Å². The molecule has 1 aromatic heterocycles. The Labute approximate surface area is 189 Å². The third kappa shape index (κ3) is 6.69. The maximum atomic E-state index is 12.7. The highest BCUT2D eigenvalue weighted by molar-refractivity contribution is 6.05. The van der Waals surface area contributed by atoms with E-state index in [0.29, 0.717) is 23.6 Å². The number of amides is 1. The first kappa shape index (κ1) is 24.1. The fourth-order valence-electron chi connectivity index (χ4n) is 3.06. The predicted molar refractivity (Wildman–Crippen MR) is 117 cm³/mol. The molecule has 0 aliphatic rings. The van der Waals surface area contributed by atoms with Gasteiger partial charge in [-0.05, 0) is 69.3 Å². The van der Waals surface area contributed by atoms with Crippen LogP contribution in [0.4, 0.5) is 18.9 Å². The summed E-state index contributed by atoms with van der Waals surface area (Å²) in [6, 6.07) is 15.1. The molecule has 1 amide bonds. The first-order chi connectivity index (χ1) is 15.7. The van der Waals surface area contributed by atoms with Crippen molar-refractivity contribution in [3.05, 3.63) is 77.6 Å². The molecule has 1 unspecified atom stereocenters. The minimum atomic E-state index is -4.83. The molecule has 0 aliphatic heterocycles. The molecule has 3 rings (SSSR count). The number of carbonyl (C=O) groups is 1. The zero-order valence-electron chi connectivity index (χ0n) is 18.3. The van der Waals surface area contributed by atoms with Crippen molar-refractivity contribution in [2.45, 2.75) is 33.2 Å². The number of carbonyl (C=O) groups excluding carboxylic acids is 1. The standard InChI is InChI=1S/C24H23F3N2O4/c1-4-31-16(3)20-14-13-19(15(2)28-20)23(30)29-17-9-11-18(12-10-17)32-21-7-5-6-8-22(21)33-24(25,26)27/h5-14,16H,4H2,1-3H3,(H,29,30). The second-order valence-corrected chi connectivity index (χ2v) is 7.04. The van der Waals surface area contributed by atoms with Gasteiger partial charge in [0.15, 0.2) is 11.5 Å². The highest BCUT2D eigenvalue weighted by atomic mass is 19.4. The van der Waals surface area contributed by atoms with E-state index >= 15 is 0 Å². The van der Waals surface area contributed by atoms with E-state index < -0.39 is 12.1 Å². The lowest BCUT2D eigenvalue weighted by molar-refractivity contribution is -0.275. The van der Waals surface area contributed by atoms with Crippen LogP contribution in [0.3, 0.4) is 0 Å². The van der Waals surface area contributed by atoms with Crippen LogP contribution in [0.15, 0.2) is 60.7 Å². The molecule has 0 aliphatic carbocycles. The Bertz CT molecular complexity index is 1100. The van der Waals surface area contributed by atoms with Gasteiger partial charge in [0.2, 0.25) is 0 Å². The average Bonchev–Trinajstić information content (AvgIpc) is 2.75. The Morgan fingerprint density at radius 2 is 1.70 bits per heavy atom. The molecule has 0 radical (unpaired) electrons. The lowest BCUT2D eigenvalue weighted by Crippen LogP contribution is -2.17. The zero-order chi connectivity index (χ0) is 24.0. The third-order valence-corrected chi connectivity index (χ3v) is 4.60. The molecule has 3 aromatic rings. The summed E-state index contributed by atoms with van der Waals surface area (Å²) in [7, 11) is 0. The van der Waals surface area contributed by atoms with Crippen LogP contribution in [-0.2, 0) is 4.74 Å². The van der Waals surface area contributed by atoms with Gasteiger partial charge in [-0.25, -0.2) is 0 Å². The molecule has 0 bridgehead atoms. The molecule has 2 aromatic carbocycles. The number of halogens is 3. The molecule has 33 heavy (non-hydrogen) atoms. The number of benzene rings is 2. The van der Waals surface area contributed by atoms with Crippen molar-refractivity contribution in [1.29, 1.82) is 0 Å². The minimum absolute atomic E-state index is 0.0883. The number of nitrogens with zero attached hydrogens (tertiary/aromatic N) is 1. The molecule has 174 valence electrons. The van der Waals surface area contributed by atoms with Gasteiger partial charge in [0.05, 0.1) is 23.1 Å². The molecule has 0 spiro atoms. The van der Waals surface area contributed by atoms with E-state index in [9.17, 15) is 18.0 Å². The third-order valence-electron chi connectivity index (χ3n) is 4.60. The molecule has 1 atom stereocenters. The largest absolute Gasteiger partial charge is 0.573 e. The number of hydrogen-bond acceptors (Lipinski definition) is 5. The van der Waals surface area contributed by atoms with Crippen molar-refractivity contribution in [1.82, 2.24) is 4.98 Å². The normalized spacial score (nSPS) is 12.2. The summed E-state index contributed by atoms with van der Waals surface area (Å²) in [5.41, 5.74) is 2.21. The summed E-state index contributed by atoms with van der Waals surface area (Å²) in [6.07, 6.45) is -5.01. The quantitative estimate of drug-likeness (QED) is 0.419. The van der Waals surface area contributed by atoms with Crippen LogP contribution in [0.25, 0.3) is 0 Å². The van der Waals surface area contributed by atoms with Gasteiger partial charge in [-0.15, -0.1) is 13.2 Å². The highest BCUT2D eigenvalue weighted by Gasteiger charge is 2.32. The number of aromatic nitrogens is 1. The molecule has 9 heteroatoms. The van der Waals surface area contributed by atoms with Crippen LogP contribution in [0.1, 0.15) is 41.7 Å². The van der Waals surface area contributed by atoms with Crippen molar-refractivity contribution in [2.75, 3.05) is 11.9 Å². The Balaban J connectivity index is 1.68. The Morgan fingerprint density at radius 3 is 2.30 bits per heavy atom. The SMILES string of the molecule is CCOC(C)c1ccc(C(=O)Nc2ccc(Oc3ccccc3OC(F)(F)F)cc2)c(C)n1. The Hall–Kier alpha value is -3.59. The predicted octanol–water partition coefficient (Wildman–Crippen LogP) is 6.43. The highest BCUT2D eigenvalue weighted by Crippen LogP contribution is 2.35. The van der Waals surface area contributed by atoms with E-state index in [1.807, 2.05) is 13.8 Å². The van der Waals surface area contributed by atoms with E-state index in [4.69, 9.17) is 9.47 Å². The van der Waals surface area contributed by atoms with Crippen LogP contribution < -0.4 is 14.8 Å². The van der Waals surface area contributed by atoms with Gasteiger partial charge < -0.3 is 19.5 Å². The molecule has 0 fully saturated rings. The van der Waals surface area contributed by atoms with Crippen molar-refractivity contribution < 1.29 is 32.2 Å². The molecule has 1 N–H and O–H groups in total. The van der Waals surface area contributed by atoms with E-state index in [0.717, 1.165) is 11.8 Å². The second-order valence-electron chi connectivity index (χ2n) is 7.04. The number of rotatable bonds is 8. The maximum absolute atomic E-state index is 12.7. The Morgan fingerprint density at radius 1 is 1.03 bits per heavy atom. The van der Waals surface area contributed by atoms with Gasteiger partial charge in [-0.3, -0.25) is 9.78 Å². The van der Waals surface area contributed by atoms with Gasteiger partial charge in [0.1, 0.15) is 5.75 Å². The number of nitrogens with one attached hydrogen (secondary N) is 1. The summed E-state index contributed by atoms with van der Waals surface area (Å²) in [6.45, 7) is 6.10. The summed E-state index contributed by atoms with van der Waals surface area (Å²) < 4.78 is 52.7. The first-order valence-electron chi connectivity index (χ1n) is 10.2. The number of aryl methyl sites for hydroxylation is 1. The fraction of sp³-hybridized carbons (Fsp3) is 0.250. The molecule has 0 saturated carbocycles. The van der Waals surface area contributed by atoms with Gasteiger partial charge in [-0.2, -0.15) is 0 Å². The van der Waals surface area contributed by atoms with Crippen LogP contribution in [0.5, 0.6) is 17.2 Å². The second kappa shape index (κ2) is 10.4. The fourth-order valence-corrected chi connectivity index (χ4v) is 3.06. The summed E-state index contributed by atoms with van der Waals surface area (Å²) in [5.74, 6) is -0.603. The zero-order valence-corrected chi connectivity index (χ0v) is 18.3.